The minimum atomic E-state index is -4.26. The third-order valence-corrected chi connectivity index (χ3v) is 10.5. The van der Waals surface area contributed by atoms with E-state index in [0.717, 1.165) is 0 Å². The second-order valence-corrected chi connectivity index (χ2v) is 15.4. The van der Waals surface area contributed by atoms with Crippen LogP contribution in [0.3, 0.4) is 0 Å². The first kappa shape index (κ1) is 28.1. The third kappa shape index (κ3) is 6.80. The molecule has 2 atom stereocenters. The van der Waals surface area contributed by atoms with Crippen LogP contribution in [0.1, 0.15) is 82.1 Å². The van der Waals surface area contributed by atoms with Crippen LogP contribution >= 0.6 is 7.60 Å². The van der Waals surface area contributed by atoms with Gasteiger partial charge in [-0.25, -0.2) is 0 Å². The van der Waals surface area contributed by atoms with Crippen LogP contribution in [-0.4, -0.2) is 38.1 Å². The van der Waals surface area contributed by atoms with Crippen molar-refractivity contribution in [1.29, 1.82) is 0 Å². The first-order chi connectivity index (χ1) is 12.0. The molecule has 0 rings (SSSR count). The molecule has 0 aliphatic rings. The van der Waals surface area contributed by atoms with Gasteiger partial charge in [0.1, 0.15) is 0 Å². The Hall–Kier alpha value is 0.0600. The van der Waals surface area contributed by atoms with Crippen molar-refractivity contribution in [3.8, 4) is 0 Å². The summed E-state index contributed by atoms with van der Waals surface area (Å²) in [6, 6.07) is 0. The van der Waals surface area contributed by atoms with Crippen LogP contribution in [0.25, 0.3) is 0 Å². The second kappa shape index (κ2) is 8.66. The van der Waals surface area contributed by atoms with E-state index in [4.69, 9.17) is 9.05 Å². The molecule has 28 heavy (non-hydrogen) atoms. The Bertz CT molecular complexity index is 660. The Morgan fingerprint density at radius 1 is 0.857 bits per heavy atom. The van der Waals surface area contributed by atoms with E-state index in [9.17, 15) is 17.5 Å². The molecule has 0 fully saturated rings. The van der Waals surface area contributed by atoms with Gasteiger partial charge in [0.05, 0.1) is 10.9 Å². The highest BCUT2D eigenvalue weighted by Crippen LogP contribution is 2.65. The third-order valence-electron chi connectivity index (χ3n) is 6.29. The van der Waals surface area contributed by atoms with E-state index in [1.54, 1.807) is 20.8 Å². The molecule has 0 saturated carbocycles. The Kier molecular flexibility index (Phi) is 8.68. The van der Waals surface area contributed by atoms with Crippen molar-refractivity contribution in [3.63, 3.8) is 0 Å². The fraction of sp³-hybridized carbons (Fsp3) is 1.00. The lowest BCUT2D eigenvalue weighted by atomic mass is 9.60. The summed E-state index contributed by atoms with van der Waals surface area (Å²) in [5.41, 5.74) is -2.45. The lowest BCUT2D eigenvalue weighted by Crippen LogP contribution is -2.48. The highest BCUT2D eigenvalue weighted by Gasteiger charge is 2.54. The van der Waals surface area contributed by atoms with E-state index < -0.39 is 44.9 Å². The van der Waals surface area contributed by atoms with Crippen LogP contribution in [0.15, 0.2) is 0 Å². The number of rotatable bonds is 9. The van der Waals surface area contributed by atoms with Crippen molar-refractivity contribution in [3.05, 3.63) is 0 Å². The zero-order valence-corrected chi connectivity index (χ0v) is 21.6. The summed E-state index contributed by atoms with van der Waals surface area (Å²) < 4.78 is 58.4. The zero-order valence-electron chi connectivity index (χ0n) is 19.9. The number of hydrogen-bond acceptors (Lipinski definition) is 5. The standard InChI is InChI=1S/C20H43O6PS/c1-17(2,3)13-15(27(21,25-11)26-12)20(9,10)19(7,8)14-16(18(4,5)6)28(22,23)24/h15-16H,13-14H2,1-12H3,(H,22,23,24). The van der Waals surface area contributed by atoms with Crippen LogP contribution in [0.5, 0.6) is 0 Å². The van der Waals surface area contributed by atoms with Crippen molar-refractivity contribution in [2.24, 2.45) is 21.7 Å². The topological polar surface area (TPSA) is 89.9 Å². The molecule has 0 aliphatic heterocycles. The van der Waals surface area contributed by atoms with Gasteiger partial charge < -0.3 is 9.05 Å². The van der Waals surface area contributed by atoms with Crippen molar-refractivity contribution in [2.75, 3.05) is 14.2 Å². The Balaban J connectivity index is 6.39. The molecule has 0 aromatic rings. The predicted octanol–water partition coefficient (Wildman–Crippen LogP) is 6.02. The molecular formula is C20H43O6PS. The largest absolute Gasteiger partial charge is 0.333 e. The first-order valence-corrected chi connectivity index (χ1v) is 12.8. The Morgan fingerprint density at radius 2 is 1.25 bits per heavy atom. The van der Waals surface area contributed by atoms with Crippen molar-refractivity contribution in [1.82, 2.24) is 0 Å². The summed E-state index contributed by atoms with van der Waals surface area (Å²) in [5.74, 6) is 0. The summed E-state index contributed by atoms with van der Waals surface area (Å²) in [6.07, 6.45) is 0.796. The van der Waals surface area contributed by atoms with E-state index in [-0.39, 0.29) is 11.8 Å². The summed E-state index contributed by atoms with van der Waals surface area (Å²) >= 11 is 0. The molecule has 0 aliphatic carbocycles. The smallest absolute Gasteiger partial charge is 0.312 e. The highest BCUT2D eigenvalue weighted by molar-refractivity contribution is 7.86. The lowest BCUT2D eigenvalue weighted by molar-refractivity contribution is 0.0538. The van der Waals surface area contributed by atoms with E-state index in [2.05, 4.69) is 20.8 Å². The molecule has 0 spiro atoms. The molecular weight excluding hydrogens is 399 g/mol. The second-order valence-electron chi connectivity index (χ2n) is 11.4. The minimum Gasteiger partial charge on any atom is -0.312 e. The average Bonchev–Trinajstić information content (AvgIpc) is 2.46. The summed E-state index contributed by atoms with van der Waals surface area (Å²) in [6.45, 7) is 19.5. The van der Waals surface area contributed by atoms with E-state index in [1.807, 2.05) is 27.7 Å². The van der Waals surface area contributed by atoms with Crippen LogP contribution in [0.2, 0.25) is 0 Å². The first-order valence-electron chi connectivity index (χ1n) is 9.72. The number of hydrogen-bond donors (Lipinski definition) is 1. The summed E-state index contributed by atoms with van der Waals surface area (Å²) in [4.78, 5) is 0. The van der Waals surface area contributed by atoms with Gasteiger partial charge in [0.2, 0.25) is 0 Å². The minimum absolute atomic E-state index is 0.142. The van der Waals surface area contributed by atoms with Crippen LogP contribution < -0.4 is 0 Å². The maximum absolute atomic E-state index is 13.5. The van der Waals surface area contributed by atoms with Gasteiger partial charge in [0.15, 0.2) is 0 Å². The average molecular weight is 443 g/mol. The molecule has 2 unspecified atom stereocenters. The predicted molar refractivity (Wildman–Crippen MR) is 116 cm³/mol. The van der Waals surface area contributed by atoms with E-state index >= 15 is 0 Å². The van der Waals surface area contributed by atoms with Crippen LogP contribution in [-0.2, 0) is 23.7 Å². The van der Waals surface area contributed by atoms with Crippen molar-refractivity contribution < 1.29 is 26.6 Å². The van der Waals surface area contributed by atoms with Gasteiger partial charge in [-0.15, -0.1) is 0 Å². The lowest BCUT2D eigenvalue weighted by Gasteiger charge is -2.51. The van der Waals surface area contributed by atoms with Crippen LogP contribution in [0.4, 0.5) is 0 Å². The Morgan fingerprint density at radius 3 is 1.50 bits per heavy atom. The van der Waals surface area contributed by atoms with Gasteiger partial charge >= 0.3 is 7.60 Å². The van der Waals surface area contributed by atoms with Gasteiger partial charge in [0.25, 0.3) is 10.1 Å². The maximum Gasteiger partial charge on any atom is 0.333 e. The monoisotopic (exact) mass is 442 g/mol. The Labute approximate surface area is 173 Å². The summed E-state index contributed by atoms with van der Waals surface area (Å²) in [7, 11) is -4.92. The van der Waals surface area contributed by atoms with E-state index in [1.165, 1.54) is 14.2 Å². The van der Waals surface area contributed by atoms with Gasteiger partial charge in [-0.1, -0.05) is 69.2 Å². The van der Waals surface area contributed by atoms with Gasteiger partial charge in [0, 0.05) is 14.2 Å². The quantitative estimate of drug-likeness (QED) is 0.347. The zero-order chi connectivity index (χ0) is 23.0. The van der Waals surface area contributed by atoms with Gasteiger partial charge in [-0.3, -0.25) is 9.12 Å². The molecule has 8 heteroatoms. The summed E-state index contributed by atoms with van der Waals surface area (Å²) in [5, 5.41) is -0.950. The van der Waals surface area contributed by atoms with E-state index in [0.29, 0.717) is 6.42 Å². The molecule has 0 saturated heterocycles. The molecule has 6 nitrogen and oxygen atoms in total. The highest BCUT2D eigenvalue weighted by atomic mass is 32.2. The SMILES string of the molecule is COP(=O)(OC)C(CC(C)(C)C)C(C)(C)C(C)(C)CC(C(C)(C)C)S(=O)(=O)O. The molecule has 0 aromatic carbocycles. The van der Waals surface area contributed by atoms with Crippen LogP contribution in [0, 0.1) is 21.7 Å². The normalized spacial score (nSPS) is 17.5. The van der Waals surface area contributed by atoms with Gasteiger partial charge in [-0.05, 0) is 34.5 Å². The fourth-order valence-electron chi connectivity index (χ4n) is 3.71. The van der Waals surface area contributed by atoms with Gasteiger partial charge in [-0.2, -0.15) is 8.42 Å². The maximum atomic E-state index is 13.5. The fourth-order valence-corrected chi connectivity index (χ4v) is 7.80. The molecule has 0 heterocycles. The van der Waals surface area contributed by atoms with Crippen molar-refractivity contribution in [2.45, 2.75) is 93.0 Å². The molecule has 0 radical (unpaired) electrons. The molecule has 170 valence electrons. The molecule has 0 aromatic heterocycles. The molecule has 0 bridgehead atoms. The van der Waals surface area contributed by atoms with Crippen molar-refractivity contribution >= 4 is 17.7 Å². The molecule has 1 N–H and O–H groups in total. The molecule has 0 amide bonds.